The van der Waals surface area contributed by atoms with Crippen molar-refractivity contribution < 1.29 is 14.3 Å². The number of para-hydroxylation sites is 1. The first kappa shape index (κ1) is 18.2. The van der Waals surface area contributed by atoms with Crippen molar-refractivity contribution >= 4 is 17.7 Å². The Balaban J connectivity index is 1.46. The molecule has 2 aromatic carbocycles. The number of carbonyl (C=O) groups is 2. The van der Waals surface area contributed by atoms with Crippen LogP contribution in [0.3, 0.4) is 0 Å². The molecule has 0 aromatic heterocycles. The van der Waals surface area contributed by atoms with Gasteiger partial charge in [0.2, 0.25) is 5.91 Å². The van der Waals surface area contributed by atoms with E-state index >= 15 is 0 Å². The number of anilines is 1. The molecule has 3 aliphatic heterocycles. The SMILES string of the molecule is CC1c2ccccc2N2CCC[C@@H]2[C@@H]1C(=O)N1C(=O)OC[C@H]1Cc1ccccc1. The normalized spacial score (nSPS) is 28.1. The van der Waals surface area contributed by atoms with Crippen molar-refractivity contribution in [2.45, 2.75) is 44.2 Å². The lowest BCUT2D eigenvalue weighted by molar-refractivity contribution is -0.135. The van der Waals surface area contributed by atoms with Crippen molar-refractivity contribution in [2.75, 3.05) is 18.1 Å². The van der Waals surface area contributed by atoms with Crippen LogP contribution in [0.25, 0.3) is 0 Å². The van der Waals surface area contributed by atoms with Crippen molar-refractivity contribution in [3.05, 3.63) is 65.7 Å². The summed E-state index contributed by atoms with van der Waals surface area (Å²) in [4.78, 5) is 30.1. The van der Waals surface area contributed by atoms with E-state index in [0.717, 1.165) is 24.9 Å². The Labute approximate surface area is 171 Å². The Kier molecular flexibility index (Phi) is 4.53. The Bertz CT molecular complexity index is 929. The smallest absolute Gasteiger partial charge is 0.416 e. The van der Waals surface area contributed by atoms with E-state index in [-0.39, 0.29) is 36.4 Å². The molecule has 0 saturated carbocycles. The molecule has 150 valence electrons. The Hall–Kier alpha value is -2.82. The Morgan fingerprint density at radius 1 is 1.10 bits per heavy atom. The van der Waals surface area contributed by atoms with Crippen LogP contribution in [0.1, 0.15) is 36.8 Å². The van der Waals surface area contributed by atoms with Gasteiger partial charge in [0.1, 0.15) is 6.61 Å². The highest BCUT2D eigenvalue weighted by atomic mass is 16.6. The number of hydrogen-bond acceptors (Lipinski definition) is 4. The Morgan fingerprint density at radius 2 is 1.86 bits per heavy atom. The molecule has 4 atom stereocenters. The van der Waals surface area contributed by atoms with Crippen LogP contribution in [0.5, 0.6) is 0 Å². The zero-order chi connectivity index (χ0) is 20.0. The molecule has 2 aromatic rings. The van der Waals surface area contributed by atoms with E-state index < -0.39 is 6.09 Å². The van der Waals surface area contributed by atoms with Crippen LogP contribution in [0.2, 0.25) is 0 Å². The minimum Gasteiger partial charge on any atom is -0.447 e. The van der Waals surface area contributed by atoms with Gasteiger partial charge in [-0.05, 0) is 42.4 Å². The molecule has 0 radical (unpaired) electrons. The highest BCUT2D eigenvalue weighted by molar-refractivity contribution is 5.96. The summed E-state index contributed by atoms with van der Waals surface area (Å²) >= 11 is 0. The lowest BCUT2D eigenvalue weighted by atomic mass is 9.76. The molecule has 3 heterocycles. The zero-order valence-electron chi connectivity index (χ0n) is 16.7. The van der Waals surface area contributed by atoms with Crippen LogP contribution in [-0.2, 0) is 16.0 Å². The summed E-state index contributed by atoms with van der Waals surface area (Å²) in [5.41, 5.74) is 3.56. The monoisotopic (exact) mass is 390 g/mol. The van der Waals surface area contributed by atoms with Gasteiger partial charge in [-0.25, -0.2) is 9.69 Å². The molecule has 2 saturated heterocycles. The summed E-state index contributed by atoms with van der Waals surface area (Å²) in [5.74, 6) is -0.229. The minimum absolute atomic E-state index is 0.0730. The van der Waals surface area contributed by atoms with Crippen molar-refractivity contribution in [3.63, 3.8) is 0 Å². The Morgan fingerprint density at radius 3 is 2.69 bits per heavy atom. The summed E-state index contributed by atoms with van der Waals surface area (Å²) in [7, 11) is 0. The third kappa shape index (κ3) is 3.00. The van der Waals surface area contributed by atoms with Crippen molar-refractivity contribution in [3.8, 4) is 0 Å². The van der Waals surface area contributed by atoms with Gasteiger partial charge in [-0.2, -0.15) is 0 Å². The number of hydrogen-bond donors (Lipinski definition) is 0. The van der Waals surface area contributed by atoms with Gasteiger partial charge in [0.25, 0.3) is 0 Å². The molecule has 5 heteroatoms. The topological polar surface area (TPSA) is 49.9 Å². The van der Waals surface area contributed by atoms with Gasteiger partial charge in [-0.1, -0.05) is 55.5 Å². The highest BCUT2D eigenvalue weighted by Gasteiger charge is 2.50. The van der Waals surface area contributed by atoms with Gasteiger partial charge >= 0.3 is 6.09 Å². The highest BCUT2D eigenvalue weighted by Crippen LogP contribution is 2.46. The van der Waals surface area contributed by atoms with E-state index in [2.05, 4.69) is 30.0 Å². The molecule has 1 unspecified atom stereocenters. The molecule has 3 aliphatic rings. The zero-order valence-corrected chi connectivity index (χ0v) is 16.7. The molecule has 2 amide bonds. The molecule has 2 fully saturated rings. The summed E-state index contributed by atoms with van der Waals surface area (Å²) in [6.07, 6.45) is 2.20. The van der Waals surface area contributed by atoms with Gasteiger partial charge in [-0.3, -0.25) is 4.79 Å². The summed E-state index contributed by atoms with van der Waals surface area (Å²) < 4.78 is 5.33. The maximum Gasteiger partial charge on any atom is 0.416 e. The molecule has 5 nitrogen and oxygen atoms in total. The first-order valence-corrected chi connectivity index (χ1v) is 10.5. The third-order valence-electron chi connectivity index (χ3n) is 6.79. The van der Waals surface area contributed by atoms with Gasteiger partial charge < -0.3 is 9.64 Å². The van der Waals surface area contributed by atoms with Crippen LogP contribution >= 0.6 is 0 Å². The van der Waals surface area contributed by atoms with Crippen LogP contribution < -0.4 is 4.90 Å². The number of nitrogens with zero attached hydrogens (tertiary/aromatic N) is 2. The van der Waals surface area contributed by atoms with E-state index in [1.807, 2.05) is 36.4 Å². The second-order valence-corrected chi connectivity index (χ2v) is 8.40. The van der Waals surface area contributed by atoms with E-state index in [1.54, 1.807) is 0 Å². The number of cyclic esters (lactones) is 1. The number of carbonyl (C=O) groups excluding carboxylic acids is 2. The first-order valence-electron chi connectivity index (χ1n) is 10.5. The fourth-order valence-electron chi connectivity index (χ4n) is 5.43. The van der Waals surface area contributed by atoms with E-state index in [1.165, 1.54) is 16.2 Å². The number of fused-ring (bicyclic) bond motifs is 3. The fourth-order valence-corrected chi connectivity index (χ4v) is 5.43. The molecular weight excluding hydrogens is 364 g/mol. The van der Waals surface area contributed by atoms with Gasteiger partial charge in [0.05, 0.1) is 12.0 Å². The number of rotatable bonds is 3. The average Bonchev–Trinajstić information content (AvgIpc) is 3.36. The van der Waals surface area contributed by atoms with E-state index in [0.29, 0.717) is 6.42 Å². The molecule has 29 heavy (non-hydrogen) atoms. The molecule has 0 aliphatic carbocycles. The van der Waals surface area contributed by atoms with E-state index in [9.17, 15) is 9.59 Å². The molecule has 0 spiro atoms. The van der Waals surface area contributed by atoms with E-state index in [4.69, 9.17) is 4.74 Å². The van der Waals surface area contributed by atoms with Crippen molar-refractivity contribution in [2.24, 2.45) is 5.92 Å². The molecule has 0 N–H and O–H groups in total. The van der Waals surface area contributed by atoms with Crippen molar-refractivity contribution in [1.82, 2.24) is 4.90 Å². The van der Waals surface area contributed by atoms with Gasteiger partial charge in [0.15, 0.2) is 0 Å². The van der Waals surface area contributed by atoms with Crippen LogP contribution in [0.4, 0.5) is 10.5 Å². The fraction of sp³-hybridized carbons (Fsp3) is 0.417. The van der Waals surface area contributed by atoms with Crippen LogP contribution in [0.15, 0.2) is 54.6 Å². The van der Waals surface area contributed by atoms with Gasteiger partial charge in [0, 0.05) is 18.3 Å². The number of amides is 2. The maximum atomic E-state index is 13.8. The average molecular weight is 390 g/mol. The van der Waals surface area contributed by atoms with Crippen LogP contribution in [-0.4, -0.2) is 42.1 Å². The first-order chi connectivity index (χ1) is 14.1. The van der Waals surface area contributed by atoms with Crippen LogP contribution in [0, 0.1) is 5.92 Å². The number of imide groups is 1. The molecular formula is C24H26N2O3. The lowest BCUT2D eigenvalue weighted by Gasteiger charge is -2.43. The second kappa shape index (κ2) is 7.21. The molecule has 5 rings (SSSR count). The summed E-state index contributed by atoms with van der Waals surface area (Å²) in [6, 6.07) is 18.3. The molecule has 0 bridgehead atoms. The third-order valence-corrected chi connectivity index (χ3v) is 6.79. The lowest BCUT2D eigenvalue weighted by Crippen LogP contribution is -2.53. The summed E-state index contributed by atoms with van der Waals surface area (Å²) in [5, 5.41) is 0. The maximum absolute atomic E-state index is 13.8. The minimum atomic E-state index is -0.494. The number of benzene rings is 2. The number of ether oxygens (including phenoxy) is 1. The van der Waals surface area contributed by atoms with Crippen molar-refractivity contribution in [1.29, 1.82) is 0 Å². The predicted molar refractivity (Wildman–Crippen MR) is 111 cm³/mol. The summed E-state index contributed by atoms with van der Waals surface area (Å²) in [6.45, 7) is 3.37. The largest absolute Gasteiger partial charge is 0.447 e. The quantitative estimate of drug-likeness (QED) is 0.796. The van der Waals surface area contributed by atoms with Gasteiger partial charge in [-0.15, -0.1) is 0 Å². The predicted octanol–water partition coefficient (Wildman–Crippen LogP) is 3.98. The second-order valence-electron chi connectivity index (χ2n) is 8.40. The standard InChI is InChI=1S/C24H26N2O3/c1-16-19-10-5-6-11-20(19)25-13-7-12-21(25)22(16)23(27)26-18(15-29-24(26)28)14-17-8-3-2-4-9-17/h2-6,8-11,16,18,21-22H,7,12-15H2,1H3/t16?,18-,21-,22-/m1/s1.